The molecule has 2 aromatic rings. The third-order valence-corrected chi connectivity index (χ3v) is 2.67. The standard InChI is InChI=1S/C13H20N6O4.ClH/c1-7(2)8(14)12(21)23-4-3-22-6-19-5-16-9-10(19)17-13(15)18-11(9)20;/h5,7-8H,3-4,6,14H2,1-2H3,(H3,15,17,18,20);1H/i1D3,2D3,7D,8D;. The molecule has 0 fully saturated rings. The lowest BCUT2D eigenvalue weighted by Crippen LogP contribution is -2.37. The van der Waals surface area contributed by atoms with E-state index in [1.807, 2.05) is 0 Å². The number of nitrogens with zero attached hydrogens (tertiary/aromatic N) is 3. The van der Waals surface area contributed by atoms with Crippen LogP contribution in [0.25, 0.3) is 11.2 Å². The molecule has 2 rings (SSSR count). The van der Waals surface area contributed by atoms with Gasteiger partial charge in [-0.05, 0) is 5.89 Å². The Labute approximate surface area is 155 Å². The number of hydrogen-bond acceptors (Lipinski definition) is 8. The van der Waals surface area contributed by atoms with Gasteiger partial charge in [0.2, 0.25) is 5.95 Å². The van der Waals surface area contributed by atoms with Crippen LogP contribution < -0.4 is 17.0 Å². The van der Waals surface area contributed by atoms with Gasteiger partial charge in [-0.1, -0.05) is 13.7 Å². The molecule has 0 bridgehead atoms. The van der Waals surface area contributed by atoms with Crippen LogP contribution >= 0.6 is 12.4 Å². The van der Waals surface area contributed by atoms with Gasteiger partial charge in [0.25, 0.3) is 5.56 Å². The van der Waals surface area contributed by atoms with Crippen LogP contribution in [0.4, 0.5) is 5.95 Å². The maximum absolute atomic E-state index is 12.2. The van der Waals surface area contributed by atoms with Crippen molar-refractivity contribution in [3.8, 4) is 0 Å². The van der Waals surface area contributed by atoms with Gasteiger partial charge in [0.1, 0.15) is 19.4 Å². The minimum atomic E-state index is -3.64. The predicted molar refractivity (Wildman–Crippen MR) is 89.5 cm³/mol. The number of aromatic nitrogens is 4. The van der Waals surface area contributed by atoms with E-state index in [0.29, 0.717) is 0 Å². The molecule has 0 spiro atoms. The van der Waals surface area contributed by atoms with Gasteiger partial charge >= 0.3 is 5.97 Å². The smallest absolute Gasteiger partial charge is 0.323 e. The van der Waals surface area contributed by atoms with Crippen molar-refractivity contribution >= 4 is 35.5 Å². The van der Waals surface area contributed by atoms with E-state index in [0.717, 1.165) is 0 Å². The third-order valence-electron chi connectivity index (χ3n) is 2.67. The van der Waals surface area contributed by atoms with Crippen molar-refractivity contribution in [2.45, 2.75) is 26.5 Å². The Kier molecular flexibility index (Phi) is 3.82. The van der Waals surface area contributed by atoms with E-state index in [4.69, 9.17) is 27.2 Å². The molecule has 10 nitrogen and oxygen atoms in total. The molecule has 0 saturated heterocycles. The van der Waals surface area contributed by atoms with Crippen molar-refractivity contribution in [1.29, 1.82) is 0 Å². The number of nitrogens with two attached hydrogens (primary N) is 2. The predicted octanol–water partition coefficient (Wildman–Crippen LogP) is -0.376. The van der Waals surface area contributed by atoms with Gasteiger partial charge in [0.05, 0.1) is 14.3 Å². The number of esters is 1. The Morgan fingerprint density at radius 1 is 1.54 bits per heavy atom. The molecule has 0 aliphatic carbocycles. The Hall–Kier alpha value is -2.17. The number of rotatable bonds is 7. The topological polar surface area (TPSA) is 151 Å². The summed E-state index contributed by atoms with van der Waals surface area (Å²) in [6.07, 6.45) is 1.26. The van der Waals surface area contributed by atoms with Crippen LogP contribution in [0, 0.1) is 5.89 Å². The Morgan fingerprint density at radius 2 is 2.29 bits per heavy atom. The van der Waals surface area contributed by atoms with Gasteiger partial charge < -0.3 is 20.9 Å². The van der Waals surface area contributed by atoms with Gasteiger partial charge in [0, 0.05) is 9.60 Å². The van der Waals surface area contributed by atoms with Gasteiger partial charge in [-0.25, -0.2) is 4.98 Å². The molecule has 2 aromatic heterocycles. The van der Waals surface area contributed by atoms with E-state index in [1.54, 1.807) is 0 Å². The molecule has 0 aromatic carbocycles. The summed E-state index contributed by atoms with van der Waals surface area (Å²) in [7, 11) is 0. The molecule has 0 radical (unpaired) electrons. The van der Waals surface area contributed by atoms with Crippen LogP contribution in [0.2, 0.25) is 0 Å². The van der Waals surface area contributed by atoms with Gasteiger partial charge in [-0.15, -0.1) is 12.4 Å². The number of anilines is 1. The fraction of sp³-hybridized carbons (Fsp3) is 0.538. The average molecular weight is 369 g/mol. The number of nitrogen functional groups attached to an aromatic ring is 1. The second-order valence-electron chi connectivity index (χ2n) is 4.30. The quantitative estimate of drug-likeness (QED) is 0.442. The number of carbonyl (C=O) groups is 1. The molecule has 24 heavy (non-hydrogen) atoms. The van der Waals surface area contributed by atoms with E-state index in [2.05, 4.69) is 19.7 Å². The Morgan fingerprint density at radius 3 is 3.00 bits per heavy atom. The zero-order valence-corrected chi connectivity index (χ0v) is 13.1. The molecule has 0 saturated carbocycles. The average Bonchev–Trinajstić information content (AvgIpc) is 3.01. The highest BCUT2D eigenvalue weighted by atomic mass is 35.5. The van der Waals surface area contributed by atoms with Crippen molar-refractivity contribution in [1.82, 2.24) is 19.5 Å². The van der Waals surface area contributed by atoms with Crippen molar-refractivity contribution in [2.75, 3.05) is 18.9 Å². The first-order valence-corrected chi connectivity index (χ1v) is 6.28. The number of H-pyrrole nitrogens is 1. The number of aromatic amines is 1. The number of hydrogen-bond donors (Lipinski definition) is 3. The summed E-state index contributed by atoms with van der Waals surface area (Å²) >= 11 is 0. The number of halogens is 1. The third kappa shape index (κ3) is 4.66. The van der Waals surface area contributed by atoms with Crippen LogP contribution in [0.1, 0.15) is 24.7 Å². The molecule has 0 aliphatic rings. The summed E-state index contributed by atoms with van der Waals surface area (Å²) in [4.78, 5) is 33.9. The fourth-order valence-electron chi connectivity index (χ4n) is 1.60. The molecule has 1 unspecified atom stereocenters. The first kappa shape index (κ1) is 10.6. The van der Waals surface area contributed by atoms with Crippen LogP contribution in [-0.4, -0.2) is 44.7 Å². The molecular formula is C13H21ClN6O4. The number of imidazole rings is 1. The monoisotopic (exact) mass is 368 g/mol. The van der Waals surface area contributed by atoms with E-state index >= 15 is 0 Å². The van der Waals surface area contributed by atoms with Crippen molar-refractivity contribution < 1.29 is 25.2 Å². The maximum atomic E-state index is 12.2. The van der Waals surface area contributed by atoms with Crippen LogP contribution in [0.3, 0.4) is 0 Å². The largest absolute Gasteiger partial charge is 0.462 e. The minimum absolute atomic E-state index is 0. The van der Waals surface area contributed by atoms with Crippen molar-refractivity contribution in [3.05, 3.63) is 16.7 Å². The van der Waals surface area contributed by atoms with E-state index in [9.17, 15) is 9.59 Å². The molecular weight excluding hydrogens is 340 g/mol. The Balaban J connectivity index is 0.00000512. The molecule has 134 valence electrons. The lowest BCUT2D eigenvalue weighted by Gasteiger charge is -2.14. The highest BCUT2D eigenvalue weighted by molar-refractivity contribution is 5.85. The lowest BCUT2D eigenvalue weighted by atomic mass is 10.1. The van der Waals surface area contributed by atoms with E-state index in [-0.39, 0.29) is 42.9 Å². The normalized spacial score (nSPS) is 19.9. The number of fused-ring (bicyclic) bond motifs is 1. The minimum Gasteiger partial charge on any atom is -0.462 e. The van der Waals surface area contributed by atoms with Gasteiger partial charge in [-0.2, -0.15) is 4.98 Å². The van der Waals surface area contributed by atoms with E-state index in [1.165, 1.54) is 10.9 Å². The molecule has 0 amide bonds. The van der Waals surface area contributed by atoms with Crippen LogP contribution in [0.15, 0.2) is 11.1 Å². The Bertz CT molecular complexity index is 1010. The van der Waals surface area contributed by atoms with Crippen LogP contribution in [0.5, 0.6) is 0 Å². The number of carbonyl (C=O) groups excluding carboxylic acids is 1. The maximum Gasteiger partial charge on any atom is 0.323 e. The van der Waals surface area contributed by atoms with Crippen LogP contribution in [-0.2, 0) is 21.0 Å². The molecule has 1 atom stereocenters. The summed E-state index contributed by atoms with van der Waals surface area (Å²) in [6, 6.07) is -3.42. The summed E-state index contributed by atoms with van der Waals surface area (Å²) in [5.41, 5.74) is 10.5. The number of nitrogens with one attached hydrogen (secondary N) is 1. The van der Waals surface area contributed by atoms with E-state index < -0.39 is 43.8 Å². The molecule has 0 aliphatic heterocycles. The van der Waals surface area contributed by atoms with Gasteiger partial charge in [-0.3, -0.25) is 19.1 Å². The zero-order chi connectivity index (χ0) is 23.8. The molecule has 5 N–H and O–H groups in total. The second kappa shape index (κ2) is 8.62. The second-order valence-corrected chi connectivity index (χ2v) is 4.30. The SMILES string of the molecule is Cl.[2H]C([2H])([2H])C([2H])(C([2H])([2H])[2H])C([2H])(N)C(=O)OCCOCn1cnc2c(=O)[nH]c(N)nc21. The fourth-order valence-corrected chi connectivity index (χ4v) is 1.60. The van der Waals surface area contributed by atoms with Gasteiger partial charge in [0.15, 0.2) is 11.2 Å². The van der Waals surface area contributed by atoms with Crippen molar-refractivity contribution in [3.63, 3.8) is 0 Å². The summed E-state index contributed by atoms with van der Waals surface area (Å²) in [5, 5.41) is 0. The lowest BCUT2D eigenvalue weighted by molar-refractivity contribution is -0.148. The first-order chi connectivity index (χ1) is 14.0. The number of ether oxygens (including phenoxy) is 2. The summed E-state index contributed by atoms with van der Waals surface area (Å²) < 4.78 is 70.8. The molecule has 2 heterocycles. The summed E-state index contributed by atoms with van der Waals surface area (Å²) in [5.74, 6) is -5.49. The first-order valence-electron chi connectivity index (χ1n) is 10.3. The summed E-state index contributed by atoms with van der Waals surface area (Å²) in [6.45, 7) is -8.17. The highest BCUT2D eigenvalue weighted by Crippen LogP contribution is 2.06. The van der Waals surface area contributed by atoms with Crippen molar-refractivity contribution in [2.24, 2.45) is 11.6 Å². The zero-order valence-electron chi connectivity index (χ0n) is 20.2. The molecule has 11 heteroatoms. The highest BCUT2D eigenvalue weighted by Gasteiger charge is 2.18.